The number of amides is 2. The third-order valence-corrected chi connectivity index (χ3v) is 3.08. The largest absolute Gasteiger partial charge is 0.480 e. The van der Waals surface area contributed by atoms with Gasteiger partial charge in [0.05, 0.1) is 0 Å². The highest BCUT2D eigenvalue weighted by Crippen LogP contribution is 2.19. The molecule has 1 aliphatic heterocycles. The third-order valence-electron chi connectivity index (χ3n) is 3.08. The molecule has 1 aliphatic rings. The molecule has 6 nitrogen and oxygen atoms in total. The SMILES string of the molecule is CC(NC(=O)C(C(C)C)N1CCCC1=O)C(=O)O. The van der Waals surface area contributed by atoms with Gasteiger partial charge in [-0.25, -0.2) is 0 Å². The van der Waals surface area contributed by atoms with Crippen LogP contribution in [-0.4, -0.2) is 46.4 Å². The highest BCUT2D eigenvalue weighted by molar-refractivity contribution is 5.91. The Bertz CT molecular complexity index is 354. The van der Waals surface area contributed by atoms with Crippen LogP contribution in [0.4, 0.5) is 0 Å². The molecule has 0 aliphatic carbocycles. The van der Waals surface area contributed by atoms with Crippen molar-refractivity contribution in [2.24, 2.45) is 5.92 Å². The quantitative estimate of drug-likeness (QED) is 0.737. The van der Waals surface area contributed by atoms with Crippen molar-refractivity contribution in [1.29, 1.82) is 0 Å². The number of likely N-dealkylation sites (tertiary alicyclic amines) is 1. The summed E-state index contributed by atoms with van der Waals surface area (Å²) >= 11 is 0. The van der Waals surface area contributed by atoms with Crippen molar-refractivity contribution in [3.63, 3.8) is 0 Å². The molecule has 2 N–H and O–H groups in total. The van der Waals surface area contributed by atoms with E-state index in [1.807, 2.05) is 13.8 Å². The lowest BCUT2D eigenvalue weighted by atomic mass is 10.0. The number of hydrogen-bond acceptors (Lipinski definition) is 3. The minimum Gasteiger partial charge on any atom is -0.480 e. The first kappa shape index (κ1) is 14.5. The fraction of sp³-hybridized carbons (Fsp3) is 0.750. The predicted octanol–water partition coefficient (Wildman–Crippen LogP) is 0.223. The zero-order valence-corrected chi connectivity index (χ0v) is 11.0. The summed E-state index contributed by atoms with van der Waals surface area (Å²) in [7, 11) is 0. The van der Waals surface area contributed by atoms with E-state index in [0.29, 0.717) is 13.0 Å². The number of carbonyl (C=O) groups is 3. The van der Waals surface area contributed by atoms with Gasteiger partial charge in [-0.3, -0.25) is 14.4 Å². The molecule has 1 heterocycles. The maximum absolute atomic E-state index is 12.1. The first-order valence-corrected chi connectivity index (χ1v) is 6.17. The molecule has 1 saturated heterocycles. The van der Waals surface area contributed by atoms with E-state index in [1.165, 1.54) is 6.92 Å². The zero-order chi connectivity index (χ0) is 13.9. The summed E-state index contributed by atoms with van der Waals surface area (Å²) in [6.07, 6.45) is 1.22. The summed E-state index contributed by atoms with van der Waals surface area (Å²) < 4.78 is 0. The van der Waals surface area contributed by atoms with E-state index in [2.05, 4.69) is 5.32 Å². The van der Waals surface area contributed by atoms with E-state index in [0.717, 1.165) is 6.42 Å². The Morgan fingerprint density at radius 1 is 1.33 bits per heavy atom. The second kappa shape index (κ2) is 5.84. The molecule has 0 radical (unpaired) electrons. The Labute approximate surface area is 106 Å². The van der Waals surface area contributed by atoms with Crippen LogP contribution >= 0.6 is 0 Å². The zero-order valence-electron chi connectivity index (χ0n) is 11.0. The Hall–Kier alpha value is -1.59. The minimum absolute atomic E-state index is 0.0353. The van der Waals surface area contributed by atoms with Crippen LogP contribution in [0, 0.1) is 5.92 Å². The molecule has 2 unspecified atom stereocenters. The van der Waals surface area contributed by atoms with Crippen molar-refractivity contribution < 1.29 is 19.5 Å². The lowest BCUT2D eigenvalue weighted by molar-refractivity contribution is -0.144. The number of nitrogens with one attached hydrogen (secondary N) is 1. The van der Waals surface area contributed by atoms with Gasteiger partial charge in [-0.1, -0.05) is 13.8 Å². The van der Waals surface area contributed by atoms with Crippen molar-refractivity contribution in [1.82, 2.24) is 10.2 Å². The molecule has 1 fully saturated rings. The van der Waals surface area contributed by atoms with Crippen LogP contribution in [-0.2, 0) is 14.4 Å². The molecule has 2 amide bonds. The van der Waals surface area contributed by atoms with E-state index in [1.54, 1.807) is 4.90 Å². The van der Waals surface area contributed by atoms with Crippen LogP contribution in [0.3, 0.4) is 0 Å². The highest BCUT2D eigenvalue weighted by atomic mass is 16.4. The Balaban J connectivity index is 2.76. The minimum atomic E-state index is -1.08. The molecule has 18 heavy (non-hydrogen) atoms. The van der Waals surface area contributed by atoms with Gasteiger partial charge < -0.3 is 15.3 Å². The predicted molar refractivity (Wildman–Crippen MR) is 64.8 cm³/mol. The first-order valence-electron chi connectivity index (χ1n) is 6.17. The van der Waals surface area contributed by atoms with Crippen LogP contribution in [0.5, 0.6) is 0 Å². The van der Waals surface area contributed by atoms with Crippen LogP contribution < -0.4 is 5.32 Å². The second-order valence-electron chi connectivity index (χ2n) is 4.95. The summed E-state index contributed by atoms with van der Waals surface area (Å²) in [5, 5.41) is 11.2. The van der Waals surface area contributed by atoms with Crippen LogP contribution in [0.2, 0.25) is 0 Å². The molecule has 2 atom stereocenters. The van der Waals surface area contributed by atoms with Crippen LogP contribution in [0.25, 0.3) is 0 Å². The lowest BCUT2D eigenvalue weighted by Crippen LogP contribution is -2.53. The van der Waals surface area contributed by atoms with E-state index < -0.39 is 24.0 Å². The molecule has 0 aromatic heterocycles. The molecule has 0 saturated carbocycles. The fourth-order valence-electron chi connectivity index (χ4n) is 2.13. The molecule has 0 bridgehead atoms. The topological polar surface area (TPSA) is 86.7 Å². The normalized spacial score (nSPS) is 18.9. The average molecular weight is 256 g/mol. The van der Waals surface area contributed by atoms with Crippen molar-refractivity contribution in [3.05, 3.63) is 0 Å². The van der Waals surface area contributed by atoms with Crippen LogP contribution in [0.1, 0.15) is 33.6 Å². The van der Waals surface area contributed by atoms with E-state index in [-0.39, 0.29) is 11.8 Å². The van der Waals surface area contributed by atoms with Gasteiger partial charge in [0.1, 0.15) is 12.1 Å². The Morgan fingerprint density at radius 3 is 2.33 bits per heavy atom. The fourth-order valence-corrected chi connectivity index (χ4v) is 2.13. The van der Waals surface area contributed by atoms with Gasteiger partial charge in [0, 0.05) is 13.0 Å². The summed E-state index contributed by atoms with van der Waals surface area (Å²) in [6.45, 7) is 5.67. The van der Waals surface area contributed by atoms with E-state index >= 15 is 0 Å². The maximum atomic E-state index is 12.1. The number of aliphatic carboxylic acids is 1. The highest BCUT2D eigenvalue weighted by Gasteiger charge is 2.35. The lowest BCUT2D eigenvalue weighted by Gasteiger charge is -2.30. The molecule has 0 aromatic carbocycles. The van der Waals surface area contributed by atoms with Gasteiger partial charge in [0.2, 0.25) is 11.8 Å². The van der Waals surface area contributed by atoms with Gasteiger partial charge >= 0.3 is 5.97 Å². The standard InChI is InChI=1S/C12H20N2O4/c1-7(2)10(14-6-4-5-9(14)15)11(16)13-8(3)12(17)18/h7-8,10H,4-6H2,1-3H3,(H,13,16)(H,17,18). The van der Waals surface area contributed by atoms with Gasteiger partial charge in [-0.15, -0.1) is 0 Å². The van der Waals surface area contributed by atoms with E-state index in [9.17, 15) is 14.4 Å². The number of carboxylic acid groups (broad SMARTS) is 1. The second-order valence-corrected chi connectivity index (χ2v) is 4.95. The van der Waals surface area contributed by atoms with Gasteiger partial charge in [0.25, 0.3) is 0 Å². The summed E-state index contributed by atoms with van der Waals surface area (Å²) in [5.74, 6) is -1.56. The average Bonchev–Trinajstić information content (AvgIpc) is 2.64. The Morgan fingerprint density at radius 2 is 1.94 bits per heavy atom. The molecular formula is C12H20N2O4. The first-order chi connectivity index (χ1) is 8.34. The number of hydrogen-bond donors (Lipinski definition) is 2. The van der Waals surface area contributed by atoms with Crippen molar-refractivity contribution in [2.75, 3.05) is 6.54 Å². The van der Waals surface area contributed by atoms with Gasteiger partial charge in [-0.2, -0.15) is 0 Å². The van der Waals surface area contributed by atoms with Crippen molar-refractivity contribution >= 4 is 17.8 Å². The molecule has 0 spiro atoms. The third kappa shape index (κ3) is 3.21. The van der Waals surface area contributed by atoms with Crippen LogP contribution in [0.15, 0.2) is 0 Å². The summed E-state index contributed by atoms with van der Waals surface area (Å²) in [4.78, 5) is 36.0. The molecule has 0 aromatic rings. The van der Waals surface area contributed by atoms with Gasteiger partial charge in [-0.05, 0) is 19.3 Å². The summed E-state index contributed by atoms with van der Waals surface area (Å²) in [5.41, 5.74) is 0. The number of nitrogens with zero attached hydrogens (tertiary/aromatic N) is 1. The Kier molecular flexibility index (Phi) is 4.69. The molecule has 6 heteroatoms. The summed E-state index contributed by atoms with van der Waals surface area (Å²) in [6, 6.07) is -1.53. The van der Waals surface area contributed by atoms with Crippen molar-refractivity contribution in [3.8, 4) is 0 Å². The van der Waals surface area contributed by atoms with Gasteiger partial charge in [0.15, 0.2) is 0 Å². The number of carboxylic acids is 1. The molecule has 102 valence electrons. The number of rotatable bonds is 5. The van der Waals surface area contributed by atoms with Crippen molar-refractivity contribution in [2.45, 2.75) is 45.7 Å². The molecule has 1 rings (SSSR count). The number of carbonyl (C=O) groups excluding carboxylic acids is 2. The van der Waals surface area contributed by atoms with E-state index in [4.69, 9.17) is 5.11 Å². The smallest absolute Gasteiger partial charge is 0.325 e. The molecular weight excluding hydrogens is 236 g/mol. The maximum Gasteiger partial charge on any atom is 0.325 e. The monoisotopic (exact) mass is 256 g/mol.